The van der Waals surface area contributed by atoms with Crippen molar-refractivity contribution in [3.63, 3.8) is 0 Å². The number of hydrogen-bond acceptors (Lipinski definition) is 1. The van der Waals surface area contributed by atoms with Crippen molar-refractivity contribution < 1.29 is 4.79 Å². The molecule has 0 aromatic heterocycles. The molecule has 0 heterocycles. The van der Waals surface area contributed by atoms with Crippen molar-refractivity contribution in [2.75, 3.05) is 0 Å². The highest BCUT2D eigenvalue weighted by Crippen LogP contribution is 2.62. The Morgan fingerprint density at radius 1 is 1.05 bits per heavy atom. The Bertz CT molecular complexity index is 365. The lowest BCUT2D eigenvalue weighted by Gasteiger charge is -2.43. The van der Waals surface area contributed by atoms with Crippen LogP contribution >= 0.6 is 0 Å². The summed E-state index contributed by atoms with van der Waals surface area (Å²) in [5.41, 5.74) is 0.649. The highest BCUT2D eigenvalue weighted by atomic mass is 16.2. The molecule has 0 aliphatic heterocycles. The van der Waals surface area contributed by atoms with Crippen LogP contribution in [0.4, 0.5) is 0 Å². The van der Waals surface area contributed by atoms with Crippen LogP contribution in [0.2, 0.25) is 0 Å². The fraction of sp³-hybridized carbons (Fsp3) is 0.941. The standard InChI is InChI=1S/C17H29NO/c1-16(2)13-9-10-17(3,11-13)15(16)18-14(19)12-7-5-4-6-8-12/h12-13,15H,4-11H2,1-3H3,(H,18,19)/t13-,15+,17-/m1/s1. The minimum Gasteiger partial charge on any atom is -0.352 e. The van der Waals surface area contributed by atoms with Gasteiger partial charge in [-0.1, -0.05) is 40.0 Å². The highest BCUT2D eigenvalue weighted by molar-refractivity contribution is 5.79. The third kappa shape index (κ3) is 2.11. The summed E-state index contributed by atoms with van der Waals surface area (Å²) < 4.78 is 0. The minimum absolute atomic E-state index is 0.289. The van der Waals surface area contributed by atoms with Gasteiger partial charge in [-0.25, -0.2) is 0 Å². The van der Waals surface area contributed by atoms with Crippen LogP contribution < -0.4 is 5.32 Å². The lowest BCUT2D eigenvalue weighted by atomic mass is 9.68. The summed E-state index contributed by atoms with van der Waals surface area (Å²) in [5.74, 6) is 1.47. The molecule has 3 aliphatic carbocycles. The molecule has 0 spiro atoms. The summed E-state index contributed by atoms with van der Waals surface area (Å²) in [6.07, 6.45) is 10.0. The second kappa shape index (κ2) is 4.49. The van der Waals surface area contributed by atoms with Gasteiger partial charge in [0.1, 0.15) is 0 Å². The highest BCUT2D eigenvalue weighted by Gasteiger charge is 2.59. The van der Waals surface area contributed by atoms with Gasteiger partial charge in [0.25, 0.3) is 0 Å². The molecule has 2 heteroatoms. The van der Waals surface area contributed by atoms with Crippen molar-refractivity contribution in [3.8, 4) is 0 Å². The van der Waals surface area contributed by atoms with Gasteiger partial charge in [-0.15, -0.1) is 0 Å². The molecule has 1 amide bonds. The monoisotopic (exact) mass is 263 g/mol. The normalized spacial score (nSPS) is 41.4. The van der Waals surface area contributed by atoms with Crippen LogP contribution in [-0.2, 0) is 4.79 Å². The van der Waals surface area contributed by atoms with E-state index in [1.807, 2.05) is 0 Å². The Hall–Kier alpha value is -0.530. The molecule has 3 rings (SSSR count). The zero-order valence-electron chi connectivity index (χ0n) is 12.8. The van der Waals surface area contributed by atoms with Crippen LogP contribution in [0, 0.1) is 22.7 Å². The van der Waals surface area contributed by atoms with Gasteiger partial charge >= 0.3 is 0 Å². The fourth-order valence-corrected chi connectivity index (χ4v) is 5.29. The van der Waals surface area contributed by atoms with E-state index in [0.29, 0.717) is 23.3 Å². The van der Waals surface area contributed by atoms with Crippen LogP contribution in [-0.4, -0.2) is 11.9 Å². The summed E-state index contributed by atoms with van der Waals surface area (Å²) in [6.45, 7) is 7.13. The zero-order chi connectivity index (χ0) is 13.7. The van der Waals surface area contributed by atoms with E-state index in [-0.39, 0.29) is 5.41 Å². The van der Waals surface area contributed by atoms with E-state index in [9.17, 15) is 4.79 Å². The molecule has 3 aliphatic rings. The largest absolute Gasteiger partial charge is 0.352 e. The first-order chi connectivity index (χ1) is 8.93. The molecule has 0 aromatic carbocycles. The second-order valence-electron chi connectivity index (χ2n) is 8.19. The zero-order valence-corrected chi connectivity index (χ0v) is 12.8. The molecule has 0 radical (unpaired) electrons. The summed E-state index contributed by atoms with van der Waals surface area (Å²) >= 11 is 0. The van der Waals surface area contributed by atoms with E-state index >= 15 is 0 Å². The van der Waals surface area contributed by atoms with Gasteiger partial charge in [0.05, 0.1) is 0 Å². The molecule has 1 N–H and O–H groups in total. The number of rotatable bonds is 2. The molecule has 19 heavy (non-hydrogen) atoms. The Labute approximate surface area is 117 Å². The Morgan fingerprint density at radius 3 is 2.32 bits per heavy atom. The molecule has 108 valence electrons. The van der Waals surface area contributed by atoms with Gasteiger partial charge in [0.2, 0.25) is 5.91 Å². The lowest BCUT2D eigenvalue weighted by molar-refractivity contribution is -0.128. The maximum Gasteiger partial charge on any atom is 0.223 e. The molecule has 0 aromatic rings. The van der Waals surface area contributed by atoms with Gasteiger partial charge in [0.15, 0.2) is 0 Å². The second-order valence-corrected chi connectivity index (χ2v) is 8.19. The fourth-order valence-electron chi connectivity index (χ4n) is 5.29. The average Bonchev–Trinajstić information content (AvgIpc) is 2.87. The molecule has 0 unspecified atom stereocenters. The van der Waals surface area contributed by atoms with E-state index in [4.69, 9.17) is 0 Å². The number of amides is 1. The van der Waals surface area contributed by atoms with E-state index < -0.39 is 0 Å². The number of fused-ring (bicyclic) bond motifs is 2. The molecule has 2 bridgehead atoms. The Balaban J connectivity index is 1.70. The van der Waals surface area contributed by atoms with E-state index in [0.717, 1.165) is 18.8 Å². The molecular weight excluding hydrogens is 234 g/mol. The topological polar surface area (TPSA) is 29.1 Å². The van der Waals surface area contributed by atoms with Gasteiger partial charge < -0.3 is 5.32 Å². The van der Waals surface area contributed by atoms with Crippen LogP contribution in [0.25, 0.3) is 0 Å². The Kier molecular flexibility index (Phi) is 3.18. The first-order valence-electron chi connectivity index (χ1n) is 8.24. The quantitative estimate of drug-likeness (QED) is 0.804. The number of carbonyl (C=O) groups excluding carboxylic acids is 1. The van der Waals surface area contributed by atoms with Crippen LogP contribution in [0.1, 0.15) is 72.1 Å². The van der Waals surface area contributed by atoms with E-state index in [2.05, 4.69) is 26.1 Å². The summed E-state index contributed by atoms with van der Waals surface area (Å²) in [6, 6.07) is 0.396. The third-order valence-corrected chi connectivity index (χ3v) is 6.53. The first-order valence-corrected chi connectivity index (χ1v) is 8.24. The lowest BCUT2D eigenvalue weighted by Crippen LogP contribution is -2.53. The van der Waals surface area contributed by atoms with Crippen LogP contribution in [0.3, 0.4) is 0 Å². The van der Waals surface area contributed by atoms with E-state index in [1.165, 1.54) is 38.5 Å². The molecule has 3 atom stereocenters. The van der Waals surface area contributed by atoms with Crippen molar-refractivity contribution in [1.29, 1.82) is 0 Å². The summed E-state index contributed by atoms with van der Waals surface area (Å²) in [5, 5.41) is 3.47. The van der Waals surface area contributed by atoms with Crippen molar-refractivity contribution in [2.24, 2.45) is 22.7 Å². The molecule has 0 saturated heterocycles. The molecular formula is C17H29NO. The van der Waals surface area contributed by atoms with Gasteiger partial charge in [0, 0.05) is 12.0 Å². The Morgan fingerprint density at radius 2 is 1.74 bits per heavy atom. The third-order valence-electron chi connectivity index (χ3n) is 6.53. The SMILES string of the molecule is CC1(C)[C@@H]2CC[C@](C)(C2)[C@H]1NC(=O)C1CCCCC1. The number of carbonyl (C=O) groups is 1. The summed E-state index contributed by atoms with van der Waals surface area (Å²) in [7, 11) is 0. The molecule has 3 fully saturated rings. The summed E-state index contributed by atoms with van der Waals surface area (Å²) in [4.78, 5) is 12.5. The van der Waals surface area contributed by atoms with Crippen molar-refractivity contribution in [3.05, 3.63) is 0 Å². The van der Waals surface area contributed by atoms with Crippen molar-refractivity contribution >= 4 is 5.91 Å². The minimum atomic E-state index is 0.289. The maximum absolute atomic E-state index is 12.5. The maximum atomic E-state index is 12.5. The van der Waals surface area contributed by atoms with Gasteiger partial charge in [-0.3, -0.25) is 4.79 Å². The van der Waals surface area contributed by atoms with E-state index in [1.54, 1.807) is 0 Å². The first kappa shape index (κ1) is 13.5. The molecule has 2 nitrogen and oxygen atoms in total. The number of nitrogens with one attached hydrogen (secondary N) is 1. The van der Waals surface area contributed by atoms with Gasteiger partial charge in [-0.05, 0) is 48.9 Å². The number of hydrogen-bond donors (Lipinski definition) is 1. The predicted molar refractivity (Wildman–Crippen MR) is 77.7 cm³/mol. The van der Waals surface area contributed by atoms with Crippen molar-refractivity contribution in [1.82, 2.24) is 5.32 Å². The average molecular weight is 263 g/mol. The predicted octanol–water partition coefficient (Wildman–Crippen LogP) is 3.90. The van der Waals surface area contributed by atoms with Crippen LogP contribution in [0.15, 0.2) is 0 Å². The molecule has 3 saturated carbocycles. The van der Waals surface area contributed by atoms with Gasteiger partial charge in [-0.2, -0.15) is 0 Å². The van der Waals surface area contributed by atoms with Crippen molar-refractivity contribution in [2.45, 2.75) is 78.2 Å². The smallest absolute Gasteiger partial charge is 0.223 e. The van der Waals surface area contributed by atoms with Crippen LogP contribution in [0.5, 0.6) is 0 Å².